The molecule has 0 amide bonds. The number of rotatable bonds is 5. The topological polar surface area (TPSA) is 48.3 Å². The van der Waals surface area contributed by atoms with Gasteiger partial charge in [-0.3, -0.25) is 0 Å². The van der Waals surface area contributed by atoms with Gasteiger partial charge in [0.1, 0.15) is 17.3 Å². The number of benzene rings is 1. The van der Waals surface area contributed by atoms with Crippen molar-refractivity contribution in [3.05, 3.63) is 35.4 Å². The van der Waals surface area contributed by atoms with Gasteiger partial charge in [0, 0.05) is 31.6 Å². The Balaban J connectivity index is 2.21. The van der Waals surface area contributed by atoms with Crippen LogP contribution in [0.15, 0.2) is 24.5 Å². The van der Waals surface area contributed by atoms with Crippen molar-refractivity contribution in [1.82, 2.24) is 9.55 Å². The van der Waals surface area contributed by atoms with Gasteiger partial charge in [-0.15, -0.1) is 0 Å². The number of hydrogen-bond acceptors (Lipinski definition) is 4. The number of aryl methyl sites for hydroxylation is 1. The van der Waals surface area contributed by atoms with E-state index >= 15 is 0 Å². The maximum atomic E-state index is 6.06. The molecular formula is C13H16ClN3O2. The van der Waals surface area contributed by atoms with Gasteiger partial charge in [-0.1, -0.05) is 11.6 Å². The minimum absolute atomic E-state index is 0.516. The minimum Gasteiger partial charge on any atom is -0.495 e. The molecule has 0 saturated heterocycles. The molecule has 1 aromatic heterocycles. The molecule has 0 spiro atoms. The summed E-state index contributed by atoms with van der Waals surface area (Å²) in [6, 6.07) is 3.53. The van der Waals surface area contributed by atoms with Gasteiger partial charge in [0.15, 0.2) is 0 Å². The summed E-state index contributed by atoms with van der Waals surface area (Å²) in [6.45, 7) is 0.588. The Labute approximate surface area is 117 Å². The molecule has 1 N–H and O–H groups in total. The van der Waals surface area contributed by atoms with E-state index in [0.717, 1.165) is 11.5 Å². The van der Waals surface area contributed by atoms with Gasteiger partial charge in [0.05, 0.1) is 31.5 Å². The van der Waals surface area contributed by atoms with Crippen LogP contribution in [0.1, 0.15) is 5.82 Å². The average molecular weight is 282 g/mol. The smallest absolute Gasteiger partial charge is 0.143 e. The highest BCUT2D eigenvalue weighted by Crippen LogP contribution is 2.35. The highest BCUT2D eigenvalue weighted by Gasteiger charge is 2.10. The summed E-state index contributed by atoms with van der Waals surface area (Å²) in [5, 5.41) is 3.78. The quantitative estimate of drug-likeness (QED) is 0.915. The zero-order chi connectivity index (χ0) is 13.8. The van der Waals surface area contributed by atoms with Crippen LogP contribution in [0, 0.1) is 0 Å². The number of ether oxygens (including phenoxy) is 2. The lowest BCUT2D eigenvalue weighted by atomic mass is 10.2. The molecule has 0 unspecified atom stereocenters. The third-order valence-corrected chi connectivity index (χ3v) is 3.13. The Kier molecular flexibility index (Phi) is 4.16. The molecule has 0 bridgehead atoms. The Morgan fingerprint density at radius 1 is 1.26 bits per heavy atom. The Morgan fingerprint density at radius 3 is 2.58 bits per heavy atom. The van der Waals surface area contributed by atoms with Gasteiger partial charge < -0.3 is 19.4 Å². The van der Waals surface area contributed by atoms with Crippen LogP contribution >= 0.6 is 11.6 Å². The number of anilines is 1. The summed E-state index contributed by atoms with van der Waals surface area (Å²) in [5.74, 6) is 2.20. The molecule has 1 aromatic carbocycles. The standard InChI is InChI=1S/C13H16ClN3O2/c1-17-5-4-15-13(17)8-16-10-7-11(18-2)9(14)6-12(10)19-3/h4-7,16H,8H2,1-3H3. The van der Waals surface area contributed by atoms with Crippen molar-refractivity contribution in [2.75, 3.05) is 19.5 Å². The molecule has 0 aliphatic heterocycles. The number of nitrogens with zero attached hydrogens (tertiary/aromatic N) is 2. The zero-order valence-corrected chi connectivity index (χ0v) is 11.9. The van der Waals surface area contributed by atoms with Crippen molar-refractivity contribution >= 4 is 17.3 Å². The van der Waals surface area contributed by atoms with Crippen molar-refractivity contribution in [3.63, 3.8) is 0 Å². The van der Waals surface area contributed by atoms with Crippen LogP contribution in [0.5, 0.6) is 11.5 Å². The molecule has 0 fully saturated rings. The van der Waals surface area contributed by atoms with Gasteiger partial charge in [-0.05, 0) is 0 Å². The van der Waals surface area contributed by atoms with Crippen LogP contribution in [0.2, 0.25) is 5.02 Å². The molecule has 6 heteroatoms. The van der Waals surface area contributed by atoms with Crippen LogP contribution in [-0.4, -0.2) is 23.8 Å². The highest BCUT2D eigenvalue weighted by molar-refractivity contribution is 6.32. The van der Waals surface area contributed by atoms with Crippen molar-refractivity contribution < 1.29 is 9.47 Å². The lowest BCUT2D eigenvalue weighted by Gasteiger charge is -2.13. The molecule has 0 atom stereocenters. The van der Waals surface area contributed by atoms with E-state index in [-0.39, 0.29) is 0 Å². The molecule has 0 radical (unpaired) electrons. The van der Waals surface area contributed by atoms with E-state index in [1.807, 2.05) is 23.9 Å². The van der Waals surface area contributed by atoms with E-state index < -0.39 is 0 Å². The van der Waals surface area contributed by atoms with E-state index in [4.69, 9.17) is 21.1 Å². The molecule has 0 aliphatic carbocycles. The van der Waals surface area contributed by atoms with Crippen molar-refractivity contribution in [2.24, 2.45) is 7.05 Å². The zero-order valence-electron chi connectivity index (χ0n) is 11.1. The third-order valence-electron chi connectivity index (χ3n) is 2.83. The molecule has 0 saturated carbocycles. The molecule has 1 heterocycles. The first-order valence-electron chi connectivity index (χ1n) is 5.77. The fourth-order valence-corrected chi connectivity index (χ4v) is 1.97. The maximum absolute atomic E-state index is 6.06. The van der Waals surface area contributed by atoms with Crippen LogP contribution < -0.4 is 14.8 Å². The maximum Gasteiger partial charge on any atom is 0.143 e. The molecule has 19 heavy (non-hydrogen) atoms. The van der Waals surface area contributed by atoms with E-state index in [1.165, 1.54) is 0 Å². The molecular weight excluding hydrogens is 266 g/mol. The first-order valence-corrected chi connectivity index (χ1v) is 6.15. The van der Waals surface area contributed by atoms with Crippen LogP contribution in [0.3, 0.4) is 0 Å². The molecule has 2 rings (SSSR count). The second-order valence-electron chi connectivity index (χ2n) is 3.99. The number of methoxy groups -OCH3 is 2. The van der Waals surface area contributed by atoms with E-state index in [1.54, 1.807) is 26.5 Å². The van der Waals surface area contributed by atoms with E-state index in [0.29, 0.717) is 23.1 Å². The SMILES string of the molecule is COc1cc(NCc2nccn2C)c(OC)cc1Cl. The number of hydrogen-bond donors (Lipinski definition) is 1. The second kappa shape index (κ2) is 5.84. The lowest BCUT2D eigenvalue weighted by Crippen LogP contribution is -2.06. The van der Waals surface area contributed by atoms with Crippen molar-refractivity contribution in [2.45, 2.75) is 6.54 Å². The Hall–Kier alpha value is -1.88. The predicted octanol–water partition coefficient (Wildman–Crippen LogP) is 2.70. The number of nitrogens with one attached hydrogen (secondary N) is 1. The monoisotopic (exact) mass is 281 g/mol. The summed E-state index contributed by atoms with van der Waals surface area (Å²) in [6.07, 6.45) is 3.66. The Morgan fingerprint density at radius 2 is 2.00 bits per heavy atom. The first-order chi connectivity index (χ1) is 9.15. The van der Waals surface area contributed by atoms with Crippen LogP contribution in [0.4, 0.5) is 5.69 Å². The van der Waals surface area contributed by atoms with E-state index in [2.05, 4.69) is 10.3 Å². The summed E-state index contributed by atoms with van der Waals surface area (Å²) in [7, 11) is 5.13. The number of halogens is 1. The van der Waals surface area contributed by atoms with Gasteiger partial charge in [-0.25, -0.2) is 4.98 Å². The second-order valence-corrected chi connectivity index (χ2v) is 4.40. The number of imidazole rings is 1. The van der Waals surface area contributed by atoms with Crippen LogP contribution in [-0.2, 0) is 13.6 Å². The molecule has 2 aromatic rings. The lowest BCUT2D eigenvalue weighted by molar-refractivity contribution is 0.404. The average Bonchev–Trinajstić information content (AvgIpc) is 2.82. The summed E-state index contributed by atoms with van der Waals surface area (Å²) in [5.41, 5.74) is 0.812. The van der Waals surface area contributed by atoms with Gasteiger partial charge in [-0.2, -0.15) is 0 Å². The fraction of sp³-hybridized carbons (Fsp3) is 0.308. The van der Waals surface area contributed by atoms with Gasteiger partial charge >= 0.3 is 0 Å². The third kappa shape index (κ3) is 2.93. The van der Waals surface area contributed by atoms with Crippen molar-refractivity contribution in [3.8, 4) is 11.5 Å². The largest absolute Gasteiger partial charge is 0.495 e. The van der Waals surface area contributed by atoms with Crippen LogP contribution in [0.25, 0.3) is 0 Å². The molecule has 5 nitrogen and oxygen atoms in total. The molecule has 102 valence electrons. The van der Waals surface area contributed by atoms with E-state index in [9.17, 15) is 0 Å². The van der Waals surface area contributed by atoms with Gasteiger partial charge in [0.2, 0.25) is 0 Å². The minimum atomic E-state index is 0.516. The molecule has 0 aliphatic rings. The summed E-state index contributed by atoms with van der Waals surface area (Å²) in [4.78, 5) is 4.25. The first kappa shape index (κ1) is 13.5. The normalized spacial score (nSPS) is 10.3. The predicted molar refractivity (Wildman–Crippen MR) is 75.1 cm³/mol. The van der Waals surface area contributed by atoms with Gasteiger partial charge in [0.25, 0.3) is 0 Å². The Bertz CT molecular complexity index is 569. The van der Waals surface area contributed by atoms with Crippen molar-refractivity contribution in [1.29, 1.82) is 0 Å². The highest BCUT2D eigenvalue weighted by atomic mass is 35.5. The number of aromatic nitrogens is 2. The fourth-order valence-electron chi connectivity index (χ4n) is 1.74. The summed E-state index contributed by atoms with van der Waals surface area (Å²) >= 11 is 6.06. The summed E-state index contributed by atoms with van der Waals surface area (Å²) < 4.78 is 12.4.